The predicted octanol–water partition coefficient (Wildman–Crippen LogP) is 10.4. The van der Waals surface area contributed by atoms with E-state index in [9.17, 15) is 0 Å². The van der Waals surface area contributed by atoms with Gasteiger partial charge in [-0.2, -0.15) is 9.97 Å². The maximum atomic E-state index is 6.36. The molecular weight excluding hydrogens is 590 g/mol. The molecule has 10 rings (SSSR count). The molecule has 0 atom stereocenters. The van der Waals surface area contributed by atoms with Crippen LogP contribution >= 0.6 is 0 Å². The molecule has 6 aromatic carbocycles. The van der Waals surface area contributed by atoms with E-state index in [1.54, 1.807) is 6.20 Å². The van der Waals surface area contributed by atoms with Crippen molar-refractivity contribution in [2.24, 2.45) is 0 Å². The second kappa shape index (κ2) is 10.4. The van der Waals surface area contributed by atoms with Crippen LogP contribution in [0.15, 0.2) is 156 Å². The summed E-state index contributed by atoms with van der Waals surface area (Å²) in [6, 6.07) is 49.9. The molecule has 0 saturated heterocycles. The second-order valence-electron chi connectivity index (χ2n) is 11.9. The summed E-state index contributed by atoms with van der Waals surface area (Å²) >= 11 is 0. The van der Waals surface area contributed by atoms with Crippen LogP contribution in [0.3, 0.4) is 0 Å². The van der Waals surface area contributed by atoms with Gasteiger partial charge in [0.1, 0.15) is 11.1 Å². The summed E-state index contributed by atoms with van der Waals surface area (Å²) < 4.78 is 8.50. The first-order valence-corrected chi connectivity index (χ1v) is 15.9. The normalized spacial score (nSPS) is 11.8. The fourth-order valence-electron chi connectivity index (χ4n) is 6.82. The number of para-hydroxylation sites is 2. The number of nitrogens with zero attached hydrogens (tertiary/aromatic N) is 5. The molecule has 0 unspecified atom stereocenters. The minimum absolute atomic E-state index is 0.561. The molecular formula is C42H25N5O. The lowest BCUT2D eigenvalue weighted by Crippen LogP contribution is -2.06. The van der Waals surface area contributed by atoms with Crippen molar-refractivity contribution in [3.63, 3.8) is 0 Å². The van der Waals surface area contributed by atoms with Crippen LogP contribution < -0.4 is 0 Å². The Labute approximate surface area is 274 Å². The number of furan rings is 1. The molecule has 48 heavy (non-hydrogen) atoms. The van der Waals surface area contributed by atoms with Crippen molar-refractivity contribution in [2.45, 2.75) is 0 Å². The molecule has 0 bridgehead atoms. The largest absolute Gasteiger partial charge is 0.454 e. The number of hydrogen-bond acceptors (Lipinski definition) is 5. The average Bonchev–Trinajstić information content (AvgIpc) is 3.71. The molecule has 0 spiro atoms. The van der Waals surface area contributed by atoms with Crippen LogP contribution in [0, 0.1) is 0 Å². The van der Waals surface area contributed by atoms with E-state index < -0.39 is 0 Å². The number of benzene rings is 6. The minimum Gasteiger partial charge on any atom is -0.454 e. The van der Waals surface area contributed by atoms with Gasteiger partial charge < -0.3 is 4.42 Å². The topological polar surface area (TPSA) is 69.6 Å². The standard InChI is InChI=1S/C42H25N5O/c1-2-9-26(10-3-1)27-16-19-29(20-17-27)40-44-41(46-42(45-40)47-35-13-6-4-11-31(35)32-12-5-7-14-36(32)47)30-21-18-28-22-23-33-38-37(15-8-24-43-38)48-39(33)34(28)25-30/h1-25H. The third kappa shape index (κ3) is 4.13. The molecule has 0 N–H and O–H groups in total. The van der Waals surface area contributed by atoms with Crippen LogP contribution in [0.5, 0.6) is 0 Å². The van der Waals surface area contributed by atoms with E-state index in [0.717, 1.165) is 76.9 Å². The van der Waals surface area contributed by atoms with Crippen LogP contribution in [0.4, 0.5) is 0 Å². The molecule has 0 aliphatic heterocycles. The Balaban J connectivity index is 1.21. The van der Waals surface area contributed by atoms with Crippen molar-refractivity contribution in [2.75, 3.05) is 0 Å². The molecule has 0 saturated carbocycles. The van der Waals surface area contributed by atoms with E-state index >= 15 is 0 Å². The highest BCUT2D eigenvalue weighted by Crippen LogP contribution is 2.36. The Morgan fingerprint density at radius 1 is 0.458 bits per heavy atom. The van der Waals surface area contributed by atoms with Crippen LogP contribution in [-0.2, 0) is 0 Å². The minimum atomic E-state index is 0.561. The second-order valence-corrected chi connectivity index (χ2v) is 11.9. The van der Waals surface area contributed by atoms with Crippen LogP contribution in [-0.4, -0.2) is 24.5 Å². The number of pyridine rings is 1. The maximum Gasteiger partial charge on any atom is 0.238 e. The fourth-order valence-corrected chi connectivity index (χ4v) is 6.82. The molecule has 0 fully saturated rings. The van der Waals surface area contributed by atoms with Gasteiger partial charge in [0, 0.05) is 38.9 Å². The van der Waals surface area contributed by atoms with Gasteiger partial charge in [0.05, 0.1) is 11.0 Å². The SMILES string of the molecule is c1ccc(-c2ccc(-c3nc(-c4ccc5ccc6c7ncccc7oc6c5c4)nc(-n4c5ccccc5c5ccccc54)n3)cc2)cc1. The quantitative estimate of drug-likeness (QED) is 0.197. The Morgan fingerprint density at radius 3 is 1.85 bits per heavy atom. The summed E-state index contributed by atoms with van der Waals surface area (Å²) in [6.07, 6.45) is 1.80. The summed E-state index contributed by atoms with van der Waals surface area (Å²) in [7, 11) is 0. The molecule has 0 aliphatic carbocycles. The van der Waals surface area contributed by atoms with Crippen LogP contribution in [0.1, 0.15) is 0 Å². The third-order valence-electron chi connectivity index (χ3n) is 9.12. The van der Waals surface area contributed by atoms with Gasteiger partial charge in [-0.1, -0.05) is 109 Å². The van der Waals surface area contributed by atoms with Gasteiger partial charge in [0.25, 0.3) is 0 Å². The van der Waals surface area contributed by atoms with Gasteiger partial charge in [-0.15, -0.1) is 0 Å². The maximum absolute atomic E-state index is 6.36. The highest BCUT2D eigenvalue weighted by atomic mass is 16.3. The monoisotopic (exact) mass is 615 g/mol. The predicted molar refractivity (Wildman–Crippen MR) is 193 cm³/mol. The number of rotatable bonds is 4. The van der Waals surface area contributed by atoms with Gasteiger partial charge in [0.15, 0.2) is 17.2 Å². The highest BCUT2D eigenvalue weighted by Gasteiger charge is 2.19. The zero-order chi connectivity index (χ0) is 31.6. The number of hydrogen-bond donors (Lipinski definition) is 0. The summed E-state index contributed by atoms with van der Waals surface area (Å²) in [5.41, 5.74) is 8.57. The molecule has 6 heteroatoms. The van der Waals surface area contributed by atoms with Crippen molar-refractivity contribution in [1.29, 1.82) is 0 Å². The Kier molecular flexibility index (Phi) is 5.77. The third-order valence-corrected chi connectivity index (χ3v) is 9.12. The van der Waals surface area contributed by atoms with Crippen molar-refractivity contribution in [3.8, 4) is 39.9 Å². The molecule has 0 aliphatic rings. The zero-order valence-corrected chi connectivity index (χ0v) is 25.6. The summed E-state index contributed by atoms with van der Waals surface area (Å²) in [5, 5.41) is 5.33. The van der Waals surface area contributed by atoms with Crippen molar-refractivity contribution < 1.29 is 4.42 Å². The first-order valence-electron chi connectivity index (χ1n) is 15.9. The molecule has 6 nitrogen and oxygen atoms in total. The summed E-state index contributed by atoms with van der Waals surface area (Å²) in [4.78, 5) is 20.0. The van der Waals surface area contributed by atoms with E-state index in [1.807, 2.05) is 18.2 Å². The van der Waals surface area contributed by atoms with E-state index in [2.05, 4.69) is 137 Å². The zero-order valence-electron chi connectivity index (χ0n) is 25.6. The Hall–Kier alpha value is -6.66. The van der Waals surface area contributed by atoms with Gasteiger partial charge >= 0.3 is 0 Å². The molecule has 4 aromatic heterocycles. The van der Waals surface area contributed by atoms with Crippen molar-refractivity contribution in [1.82, 2.24) is 24.5 Å². The van der Waals surface area contributed by atoms with Gasteiger partial charge in [0.2, 0.25) is 5.95 Å². The molecule has 224 valence electrons. The lowest BCUT2D eigenvalue weighted by molar-refractivity contribution is 0.672. The number of aromatic nitrogens is 5. The summed E-state index contributed by atoms with van der Waals surface area (Å²) in [6.45, 7) is 0. The molecule has 0 radical (unpaired) electrons. The average molecular weight is 616 g/mol. The Morgan fingerprint density at radius 2 is 1.08 bits per heavy atom. The molecule has 10 aromatic rings. The highest BCUT2D eigenvalue weighted by molar-refractivity contribution is 6.14. The lowest BCUT2D eigenvalue weighted by atomic mass is 10.0. The first kappa shape index (κ1) is 26.5. The molecule has 4 heterocycles. The van der Waals surface area contributed by atoms with Crippen LogP contribution in [0.25, 0.3) is 94.5 Å². The number of fused-ring (bicyclic) bond motifs is 8. The van der Waals surface area contributed by atoms with Crippen molar-refractivity contribution in [3.05, 3.63) is 152 Å². The Bertz CT molecular complexity index is 2780. The fraction of sp³-hybridized carbons (Fsp3) is 0. The van der Waals surface area contributed by atoms with Gasteiger partial charge in [-0.3, -0.25) is 9.55 Å². The van der Waals surface area contributed by atoms with Gasteiger partial charge in [-0.05, 0) is 52.9 Å². The molecule has 0 amide bonds. The van der Waals surface area contributed by atoms with E-state index in [1.165, 1.54) is 0 Å². The van der Waals surface area contributed by atoms with E-state index in [0.29, 0.717) is 17.6 Å². The van der Waals surface area contributed by atoms with Crippen LogP contribution in [0.2, 0.25) is 0 Å². The van der Waals surface area contributed by atoms with E-state index in [-0.39, 0.29) is 0 Å². The summed E-state index contributed by atoms with van der Waals surface area (Å²) in [5.74, 6) is 1.74. The van der Waals surface area contributed by atoms with Gasteiger partial charge in [-0.25, -0.2) is 4.98 Å². The lowest BCUT2D eigenvalue weighted by Gasteiger charge is -2.12. The first-order chi connectivity index (χ1) is 23.8. The van der Waals surface area contributed by atoms with E-state index in [4.69, 9.17) is 19.4 Å². The smallest absolute Gasteiger partial charge is 0.238 e. The van der Waals surface area contributed by atoms with Crippen molar-refractivity contribution >= 4 is 54.6 Å².